The van der Waals surface area contributed by atoms with Gasteiger partial charge in [-0.05, 0) is 23.8 Å². The van der Waals surface area contributed by atoms with Crippen LogP contribution in [0.4, 0.5) is 8.78 Å². The van der Waals surface area contributed by atoms with Crippen LogP contribution in [-0.4, -0.2) is 18.4 Å². The molecular weight excluding hydrogens is 292 g/mol. The number of amides is 1. The average Bonchev–Trinajstić information content (AvgIpc) is 2.54. The first-order valence-corrected chi connectivity index (χ1v) is 6.49. The van der Waals surface area contributed by atoms with Gasteiger partial charge in [0.2, 0.25) is 0 Å². The molecular formula is C16H13F2NO3. The molecule has 0 atom stereocenters. The fraction of sp³-hybridized carbons (Fsp3) is 0.125. The predicted octanol–water partition coefficient (Wildman–Crippen LogP) is 2.44. The third-order valence-electron chi connectivity index (χ3n) is 2.82. The maximum Gasteiger partial charge on any atom is 0.325 e. The fourth-order valence-electron chi connectivity index (χ4n) is 1.68. The molecule has 0 aliphatic rings. The number of carbonyl (C=O) groups is 2. The molecule has 22 heavy (non-hydrogen) atoms. The van der Waals surface area contributed by atoms with Gasteiger partial charge in [0.25, 0.3) is 5.91 Å². The number of hydrogen-bond donors (Lipinski definition) is 1. The zero-order chi connectivity index (χ0) is 15.9. The van der Waals surface area contributed by atoms with Crippen molar-refractivity contribution in [2.75, 3.05) is 6.54 Å². The van der Waals surface area contributed by atoms with Gasteiger partial charge in [-0.15, -0.1) is 0 Å². The highest BCUT2D eigenvalue weighted by Crippen LogP contribution is 2.08. The Hall–Kier alpha value is -2.76. The van der Waals surface area contributed by atoms with Crippen LogP contribution in [0.25, 0.3) is 0 Å². The molecule has 6 heteroatoms. The normalized spacial score (nSPS) is 10.1. The van der Waals surface area contributed by atoms with Gasteiger partial charge in [0.1, 0.15) is 13.2 Å². The fourth-order valence-corrected chi connectivity index (χ4v) is 1.68. The van der Waals surface area contributed by atoms with Crippen molar-refractivity contribution in [3.8, 4) is 0 Å². The molecule has 4 nitrogen and oxygen atoms in total. The van der Waals surface area contributed by atoms with Gasteiger partial charge in [-0.1, -0.05) is 30.3 Å². The number of halogens is 2. The molecule has 2 aromatic carbocycles. The Bertz CT molecular complexity index is 674. The Morgan fingerprint density at radius 1 is 1.00 bits per heavy atom. The minimum absolute atomic E-state index is 0.0743. The summed E-state index contributed by atoms with van der Waals surface area (Å²) in [7, 11) is 0. The van der Waals surface area contributed by atoms with E-state index >= 15 is 0 Å². The van der Waals surface area contributed by atoms with Crippen molar-refractivity contribution in [3.05, 3.63) is 71.3 Å². The summed E-state index contributed by atoms with van der Waals surface area (Å²) in [5.74, 6) is -3.48. The van der Waals surface area contributed by atoms with Gasteiger partial charge in [-0.2, -0.15) is 0 Å². The molecule has 0 unspecified atom stereocenters. The molecule has 0 spiro atoms. The number of benzene rings is 2. The summed E-state index contributed by atoms with van der Waals surface area (Å²) in [6, 6.07) is 11.8. The van der Waals surface area contributed by atoms with Crippen LogP contribution in [0, 0.1) is 11.6 Å². The summed E-state index contributed by atoms with van der Waals surface area (Å²) in [5.41, 5.74) is 0.748. The van der Waals surface area contributed by atoms with Gasteiger partial charge >= 0.3 is 5.97 Å². The van der Waals surface area contributed by atoms with Crippen LogP contribution in [0.15, 0.2) is 48.5 Å². The summed E-state index contributed by atoms with van der Waals surface area (Å²) >= 11 is 0. The minimum Gasteiger partial charge on any atom is -0.460 e. The van der Waals surface area contributed by atoms with E-state index in [1.165, 1.54) is 0 Å². The molecule has 0 aromatic heterocycles. The van der Waals surface area contributed by atoms with E-state index in [0.717, 1.165) is 23.8 Å². The van der Waals surface area contributed by atoms with Crippen LogP contribution in [0.5, 0.6) is 0 Å². The van der Waals surface area contributed by atoms with Crippen LogP contribution >= 0.6 is 0 Å². The van der Waals surface area contributed by atoms with Crippen molar-refractivity contribution in [2.45, 2.75) is 6.61 Å². The van der Waals surface area contributed by atoms with Crippen LogP contribution in [0.3, 0.4) is 0 Å². The van der Waals surface area contributed by atoms with Crippen molar-refractivity contribution < 1.29 is 23.1 Å². The van der Waals surface area contributed by atoms with Crippen molar-refractivity contribution in [1.29, 1.82) is 0 Å². The molecule has 0 aliphatic heterocycles. The third-order valence-corrected chi connectivity index (χ3v) is 2.82. The second-order valence-corrected chi connectivity index (χ2v) is 4.46. The lowest BCUT2D eigenvalue weighted by Crippen LogP contribution is -2.30. The van der Waals surface area contributed by atoms with Crippen LogP contribution in [0.1, 0.15) is 15.9 Å². The lowest BCUT2D eigenvalue weighted by atomic mass is 10.2. The summed E-state index contributed by atoms with van der Waals surface area (Å²) in [5, 5.41) is 2.28. The molecule has 0 radical (unpaired) electrons. The summed E-state index contributed by atoms with van der Waals surface area (Å²) in [6.45, 7) is -0.259. The molecule has 0 heterocycles. The quantitative estimate of drug-likeness (QED) is 0.863. The summed E-state index contributed by atoms with van der Waals surface area (Å²) in [4.78, 5) is 23.2. The summed E-state index contributed by atoms with van der Waals surface area (Å²) < 4.78 is 30.7. The van der Waals surface area contributed by atoms with E-state index in [1.807, 2.05) is 18.2 Å². The molecule has 0 saturated carbocycles. The van der Waals surface area contributed by atoms with Crippen LogP contribution < -0.4 is 5.32 Å². The second-order valence-electron chi connectivity index (χ2n) is 4.46. The highest BCUT2D eigenvalue weighted by molar-refractivity contribution is 5.95. The Balaban J connectivity index is 1.80. The maximum absolute atomic E-state index is 13.0. The Labute approximate surface area is 125 Å². The zero-order valence-corrected chi connectivity index (χ0v) is 11.5. The van der Waals surface area contributed by atoms with Gasteiger partial charge in [0.15, 0.2) is 11.6 Å². The topological polar surface area (TPSA) is 55.4 Å². The van der Waals surface area contributed by atoms with Crippen LogP contribution in [-0.2, 0) is 16.1 Å². The number of rotatable bonds is 5. The Morgan fingerprint density at radius 2 is 1.73 bits per heavy atom. The minimum atomic E-state index is -1.13. The Kier molecular flexibility index (Phi) is 5.19. The van der Waals surface area contributed by atoms with Gasteiger partial charge in [-0.3, -0.25) is 9.59 Å². The zero-order valence-electron chi connectivity index (χ0n) is 11.5. The molecule has 2 rings (SSSR count). The van der Waals surface area contributed by atoms with Crippen molar-refractivity contribution in [3.63, 3.8) is 0 Å². The number of hydrogen-bond acceptors (Lipinski definition) is 3. The van der Waals surface area contributed by atoms with Crippen molar-refractivity contribution in [2.24, 2.45) is 0 Å². The first-order valence-electron chi connectivity index (χ1n) is 6.49. The lowest BCUT2D eigenvalue weighted by molar-refractivity contribution is -0.143. The molecule has 0 fully saturated rings. The third kappa shape index (κ3) is 4.37. The van der Waals surface area contributed by atoms with Crippen LogP contribution in [0.2, 0.25) is 0 Å². The predicted molar refractivity (Wildman–Crippen MR) is 74.9 cm³/mol. The SMILES string of the molecule is O=C(CNC(=O)c1ccc(F)c(F)c1)OCc1ccccc1. The van der Waals surface area contributed by atoms with Gasteiger partial charge in [0, 0.05) is 5.56 Å². The van der Waals surface area contributed by atoms with E-state index in [-0.39, 0.29) is 18.7 Å². The average molecular weight is 305 g/mol. The molecule has 114 valence electrons. The van der Waals surface area contributed by atoms with Crippen molar-refractivity contribution >= 4 is 11.9 Å². The molecule has 2 aromatic rings. The van der Waals surface area contributed by atoms with Gasteiger partial charge < -0.3 is 10.1 Å². The second kappa shape index (κ2) is 7.31. The van der Waals surface area contributed by atoms with Crippen molar-refractivity contribution in [1.82, 2.24) is 5.32 Å². The van der Waals surface area contributed by atoms with E-state index in [9.17, 15) is 18.4 Å². The number of carbonyl (C=O) groups excluding carboxylic acids is 2. The van der Waals surface area contributed by atoms with E-state index in [1.54, 1.807) is 12.1 Å². The molecule has 1 N–H and O–H groups in total. The van der Waals surface area contributed by atoms with Gasteiger partial charge in [-0.25, -0.2) is 8.78 Å². The molecule has 0 aliphatic carbocycles. The van der Waals surface area contributed by atoms with E-state index in [4.69, 9.17) is 4.74 Å². The lowest BCUT2D eigenvalue weighted by Gasteiger charge is -2.07. The monoisotopic (exact) mass is 305 g/mol. The van der Waals surface area contributed by atoms with E-state index in [2.05, 4.69) is 5.32 Å². The summed E-state index contributed by atoms with van der Waals surface area (Å²) in [6.07, 6.45) is 0. The van der Waals surface area contributed by atoms with E-state index < -0.39 is 23.5 Å². The Morgan fingerprint density at radius 3 is 2.41 bits per heavy atom. The standard InChI is InChI=1S/C16H13F2NO3/c17-13-7-6-12(8-14(13)18)16(21)19-9-15(20)22-10-11-4-2-1-3-5-11/h1-8H,9-10H2,(H,19,21). The highest BCUT2D eigenvalue weighted by atomic mass is 19.2. The van der Waals surface area contributed by atoms with E-state index in [0.29, 0.717) is 0 Å². The number of ether oxygens (including phenoxy) is 1. The molecule has 1 amide bonds. The first kappa shape index (κ1) is 15.6. The highest BCUT2D eigenvalue weighted by Gasteiger charge is 2.11. The smallest absolute Gasteiger partial charge is 0.325 e. The number of esters is 1. The first-order chi connectivity index (χ1) is 10.6. The molecule has 0 bridgehead atoms. The molecule has 0 saturated heterocycles. The van der Waals surface area contributed by atoms with Gasteiger partial charge in [0.05, 0.1) is 0 Å². The number of nitrogens with one attached hydrogen (secondary N) is 1. The maximum atomic E-state index is 13.0. The largest absolute Gasteiger partial charge is 0.460 e.